The Morgan fingerprint density at radius 3 is 2.28 bits per heavy atom. The largest absolute Gasteiger partial charge is 0.493 e. The molecule has 0 aliphatic carbocycles. The van der Waals surface area contributed by atoms with Crippen LogP contribution in [0.1, 0.15) is 11.1 Å². The van der Waals surface area contributed by atoms with Gasteiger partial charge in [-0.05, 0) is 48.6 Å². The number of benzene rings is 2. The number of anilines is 1. The minimum Gasteiger partial charge on any atom is -0.493 e. The molecule has 2 aromatic carbocycles. The molecule has 0 spiro atoms. The molecule has 0 bridgehead atoms. The maximum atomic E-state index is 13.1. The minimum absolute atomic E-state index is 0.139. The van der Waals surface area contributed by atoms with E-state index in [0.29, 0.717) is 11.3 Å². The lowest BCUT2D eigenvalue weighted by Crippen LogP contribution is -2.54. The van der Waals surface area contributed by atoms with E-state index in [1.165, 1.54) is 39.5 Å². The van der Waals surface area contributed by atoms with E-state index in [1.807, 2.05) is 0 Å². The molecule has 2 amide bonds. The van der Waals surface area contributed by atoms with E-state index in [1.54, 1.807) is 6.07 Å². The number of nitrogens with one attached hydrogen (secondary N) is 1. The lowest BCUT2D eigenvalue weighted by molar-refractivity contribution is -0.137. The molecule has 1 aliphatic heterocycles. The third kappa shape index (κ3) is 4.24. The van der Waals surface area contributed by atoms with Crippen LogP contribution in [0.2, 0.25) is 0 Å². The van der Waals surface area contributed by atoms with Crippen molar-refractivity contribution >= 4 is 40.9 Å². The first-order chi connectivity index (χ1) is 15.1. The van der Waals surface area contributed by atoms with Crippen LogP contribution in [0, 0.1) is 0 Å². The second kappa shape index (κ2) is 8.87. The zero-order chi connectivity index (χ0) is 23.6. The van der Waals surface area contributed by atoms with Gasteiger partial charge in [0.05, 0.1) is 32.6 Å². The molecule has 1 fully saturated rings. The van der Waals surface area contributed by atoms with Crippen molar-refractivity contribution in [3.05, 3.63) is 53.1 Å². The average molecular weight is 466 g/mol. The molecule has 1 heterocycles. The molecule has 0 unspecified atom stereocenters. The van der Waals surface area contributed by atoms with Gasteiger partial charge in [0.25, 0.3) is 11.8 Å². The molecule has 1 N–H and O–H groups in total. The van der Waals surface area contributed by atoms with Crippen molar-refractivity contribution in [1.29, 1.82) is 0 Å². The lowest BCUT2D eigenvalue weighted by atomic mass is 10.0. The van der Waals surface area contributed by atoms with Gasteiger partial charge in [-0.25, -0.2) is 0 Å². The van der Waals surface area contributed by atoms with Crippen LogP contribution >= 0.6 is 12.2 Å². The molecule has 7 nitrogen and oxygen atoms in total. The smallest absolute Gasteiger partial charge is 0.416 e. The van der Waals surface area contributed by atoms with Crippen molar-refractivity contribution in [2.45, 2.75) is 6.18 Å². The van der Waals surface area contributed by atoms with Crippen LogP contribution < -0.4 is 24.4 Å². The number of carbonyl (C=O) groups is 2. The highest BCUT2D eigenvalue weighted by molar-refractivity contribution is 7.80. The van der Waals surface area contributed by atoms with E-state index in [4.69, 9.17) is 26.4 Å². The molecule has 2 aromatic rings. The summed E-state index contributed by atoms with van der Waals surface area (Å²) >= 11 is 5.04. The first-order valence-corrected chi connectivity index (χ1v) is 9.40. The number of hydrogen-bond acceptors (Lipinski definition) is 6. The summed E-state index contributed by atoms with van der Waals surface area (Å²) in [5.41, 5.74) is -1.16. The zero-order valence-electron chi connectivity index (χ0n) is 17.1. The Labute approximate surface area is 186 Å². The van der Waals surface area contributed by atoms with Gasteiger partial charge in [-0.2, -0.15) is 13.2 Å². The van der Waals surface area contributed by atoms with E-state index >= 15 is 0 Å². The number of alkyl halides is 3. The van der Waals surface area contributed by atoms with Crippen molar-refractivity contribution < 1.29 is 37.0 Å². The van der Waals surface area contributed by atoms with E-state index < -0.39 is 23.6 Å². The van der Waals surface area contributed by atoms with Gasteiger partial charge in [-0.15, -0.1) is 0 Å². The van der Waals surface area contributed by atoms with Crippen LogP contribution in [0.5, 0.6) is 17.2 Å². The fourth-order valence-electron chi connectivity index (χ4n) is 3.11. The van der Waals surface area contributed by atoms with Crippen molar-refractivity contribution in [1.82, 2.24) is 5.32 Å². The fourth-order valence-corrected chi connectivity index (χ4v) is 3.39. The van der Waals surface area contributed by atoms with Gasteiger partial charge in [0.15, 0.2) is 16.6 Å². The predicted molar refractivity (Wildman–Crippen MR) is 114 cm³/mol. The molecule has 0 aromatic heterocycles. The first kappa shape index (κ1) is 23.1. The predicted octanol–water partition coefficient (Wildman–Crippen LogP) is 3.56. The Kier molecular flexibility index (Phi) is 6.40. The van der Waals surface area contributed by atoms with Gasteiger partial charge >= 0.3 is 6.18 Å². The van der Waals surface area contributed by atoms with Gasteiger partial charge in [-0.1, -0.05) is 6.07 Å². The van der Waals surface area contributed by atoms with Crippen LogP contribution in [0.25, 0.3) is 6.08 Å². The van der Waals surface area contributed by atoms with Crippen molar-refractivity contribution in [2.24, 2.45) is 0 Å². The average Bonchev–Trinajstić information content (AvgIpc) is 2.75. The number of carbonyl (C=O) groups excluding carboxylic acids is 2. The maximum absolute atomic E-state index is 13.1. The number of nitrogens with zero attached hydrogens (tertiary/aromatic N) is 1. The molecular formula is C21H17F3N2O5S. The number of methoxy groups -OCH3 is 3. The van der Waals surface area contributed by atoms with Crippen LogP contribution in [-0.4, -0.2) is 38.3 Å². The molecule has 11 heteroatoms. The van der Waals surface area contributed by atoms with Crippen molar-refractivity contribution in [2.75, 3.05) is 26.2 Å². The van der Waals surface area contributed by atoms with Crippen LogP contribution in [0.3, 0.4) is 0 Å². The quantitative estimate of drug-likeness (QED) is 0.413. The zero-order valence-corrected chi connectivity index (χ0v) is 17.9. The van der Waals surface area contributed by atoms with Gasteiger partial charge in [0.2, 0.25) is 5.75 Å². The Balaban J connectivity index is 2.10. The van der Waals surface area contributed by atoms with Crippen LogP contribution in [-0.2, 0) is 15.8 Å². The number of ether oxygens (including phenoxy) is 3. The second-order valence-corrected chi connectivity index (χ2v) is 6.82. The highest BCUT2D eigenvalue weighted by Crippen LogP contribution is 2.41. The highest BCUT2D eigenvalue weighted by Gasteiger charge is 2.37. The lowest BCUT2D eigenvalue weighted by Gasteiger charge is -2.29. The van der Waals surface area contributed by atoms with Crippen LogP contribution in [0.4, 0.5) is 18.9 Å². The monoisotopic (exact) mass is 466 g/mol. The standard InChI is InChI=1S/C21H17F3N2O5S/c1-29-15-8-7-11(16(30-2)17(15)31-3)9-14-18(27)25-20(32)26(19(14)28)13-6-4-5-12(10-13)21(22,23)24/h4-10H,1-3H3,(H,25,27,32)/b14-9+. The number of halogens is 3. The Morgan fingerprint density at radius 1 is 1.00 bits per heavy atom. The summed E-state index contributed by atoms with van der Waals surface area (Å²) < 4.78 is 55.2. The minimum atomic E-state index is -4.62. The third-order valence-corrected chi connectivity index (χ3v) is 4.85. The third-order valence-electron chi connectivity index (χ3n) is 4.57. The maximum Gasteiger partial charge on any atom is 0.416 e. The topological polar surface area (TPSA) is 77.1 Å². The number of thiocarbonyl (C=S) groups is 1. The van der Waals surface area contributed by atoms with E-state index in [0.717, 1.165) is 23.1 Å². The molecule has 0 radical (unpaired) electrons. The van der Waals surface area contributed by atoms with Gasteiger partial charge < -0.3 is 14.2 Å². The van der Waals surface area contributed by atoms with E-state index in [-0.39, 0.29) is 27.9 Å². The highest BCUT2D eigenvalue weighted by atomic mass is 32.1. The summed E-state index contributed by atoms with van der Waals surface area (Å²) in [4.78, 5) is 26.5. The number of hydrogen-bond donors (Lipinski definition) is 1. The molecule has 1 saturated heterocycles. The van der Waals surface area contributed by atoms with E-state index in [9.17, 15) is 22.8 Å². The van der Waals surface area contributed by atoms with Crippen molar-refractivity contribution in [3.8, 4) is 17.2 Å². The summed E-state index contributed by atoms with van der Waals surface area (Å²) in [6, 6.07) is 7.15. The fraction of sp³-hybridized carbons (Fsp3) is 0.190. The molecular weight excluding hydrogens is 449 g/mol. The van der Waals surface area contributed by atoms with Gasteiger partial charge in [0.1, 0.15) is 5.57 Å². The second-order valence-electron chi connectivity index (χ2n) is 6.43. The summed E-state index contributed by atoms with van der Waals surface area (Å²) in [5, 5.41) is 1.99. The Hall–Kier alpha value is -3.60. The molecule has 32 heavy (non-hydrogen) atoms. The Morgan fingerprint density at radius 2 is 1.69 bits per heavy atom. The summed E-state index contributed by atoms with van der Waals surface area (Å²) in [5.74, 6) is -0.912. The van der Waals surface area contributed by atoms with Crippen LogP contribution in [0.15, 0.2) is 42.0 Å². The summed E-state index contributed by atoms with van der Waals surface area (Å²) in [6.07, 6.45) is -3.38. The van der Waals surface area contributed by atoms with Gasteiger partial charge in [0, 0.05) is 5.56 Å². The molecule has 0 atom stereocenters. The summed E-state index contributed by atoms with van der Waals surface area (Å²) in [6.45, 7) is 0. The molecule has 168 valence electrons. The number of rotatable bonds is 5. The number of amides is 2. The normalized spacial score (nSPS) is 15.6. The van der Waals surface area contributed by atoms with E-state index in [2.05, 4.69) is 5.32 Å². The Bertz CT molecular complexity index is 1130. The molecule has 0 saturated carbocycles. The molecule has 3 rings (SSSR count). The SMILES string of the molecule is COc1ccc(/C=C2\C(=O)NC(=S)N(c3cccc(C(F)(F)F)c3)C2=O)c(OC)c1OC. The molecule has 1 aliphatic rings. The summed E-state index contributed by atoms with van der Waals surface area (Å²) in [7, 11) is 4.19. The van der Waals surface area contributed by atoms with Gasteiger partial charge in [-0.3, -0.25) is 19.8 Å². The first-order valence-electron chi connectivity index (χ1n) is 9.00. The van der Waals surface area contributed by atoms with Crippen molar-refractivity contribution in [3.63, 3.8) is 0 Å².